The monoisotopic (exact) mass is 217 g/mol. The van der Waals surface area contributed by atoms with Crippen molar-refractivity contribution in [2.45, 2.75) is 7.43 Å². The Morgan fingerprint density at radius 1 is 1.36 bits per heavy atom. The van der Waals surface area contributed by atoms with Gasteiger partial charge in [-0.1, -0.05) is 25.6 Å². The van der Waals surface area contributed by atoms with Gasteiger partial charge in [-0.15, -0.1) is 0 Å². The summed E-state index contributed by atoms with van der Waals surface area (Å²) in [5, 5.41) is 18.0. The van der Waals surface area contributed by atoms with Gasteiger partial charge in [-0.2, -0.15) is 0 Å². The lowest BCUT2D eigenvalue weighted by Gasteiger charge is -1.85. The molecule has 2 rings (SSSR count). The Hall–Kier alpha value is -0.725. The lowest BCUT2D eigenvalue weighted by atomic mass is 10.5. The van der Waals surface area contributed by atoms with Crippen LogP contribution in [-0.2, 0) is 11.3 Å². The van der Waals surface area contributed by atoms with Gasteiger partial charge in [-0.3, -0.25) is 9.35 Å². The maximum atomic E-state index is 8.78. The summed E-state index contributed by atoms with van der Waals surface area (Å²) in [6, 6.07) is 8.48. The quantitative estimate of drug-likeness (QED) is 0.410. The minimum absolute atomic E-state index is 0. The summed E-state index contributed by atoms with van der Waals surface area (Å²) >= 11 is -2.36. The van der Waals surface area contributed by atoms with Crippen LogP contribution in [0.3, 0.4) is 0 Å². The van der Waals surface area contributed by atoms with E-state index in [1.165, 1.54) is 11.1 Å². The fourth-order valence-corrected chi connectivity index (χ4v) is 0.676. The van der Waals surface area contributed by atoms with Gasteiger partial charge in [0.15, 0.2) is 0 Å². The number of rotatable bonds is 0. The number of nitrogens with two attached hydrogens (primary N) is 1. The molecule has 0 heterocycles. The Labute approximate surface area is 86.3 Å². The van der Waals surface area contributed by atoms with Crippen molar-refractivity contribution in [1.29, 1.82) is 0 Å². The molecule has 0 aromatic heterocycles. The van der Waals surface area contributed by atoms with Gasteiger partial charge in [0, 0.05) is 11.3 Å². The van der Waals surface area contributed by atoms with Gasteiger partial charge < -0.3 is 14.6 Å². The predicted molar refractivity (Wildman–Crippen MR) is 55.5 cm³/mol. The Kier molecular flexibility index (Phi) is 9.95. The Morgan fingerprint density at radius 3 is 1.71 bits per heavy atom. The van der Waals surface area contributed by atoms with E-state index in [0.717, 1.165) is 0 Å². The molecule has 0 fully saturated rings. The summed E-state index contributed by atoms with van der Waals surface area (Å²) in [4.78, 5) is 0. The highest BCUT2D eigenvalue weighted by atomic mass is 32.2. The maximum absolute atomic E-state index is 8.78. The zero-order chi connectivity index (χ0) is 10.3. The van der Waals surface area contributed by atoms with Gasteiger partial charge >= 0.3 is 7.69 Å². The Morgan fingerprint density at radius 2 is 1.64 bits per heavy atom. The minimum Gasteiger partial charge on any atom is -0.760 e. The van der Waals surface area contributed by atoms with Crippen molar-refractivity contribution in [2.24, 2.45) is 5.14 Å². The topological polar surface area (TPSA) is 107 Å². The van der Waals surface area contributed by atoms with E-state index in [-0.39, 0.29) is 15.1 Å². The second-order valence-corrected chi connectivity index (χ2v) is 2.48. The van der Waals surface area contributed by atoms with Crippen molar-refractivity contribution in [2.75, 3.05) is 0 Å². The first-order chi connectivity index (χ1) is 6.11. The van der Waals surface area contributed by atoms with E-state index in [1.807, 2.05) is 0 Å². The highest BCUT2D eigenvalue weighted by molar-refractivity contribution is 7.76. The van der Waals surface area contributed by atoms with Gasteiger partial charge in [0.2, 0.25) is 0 Å². The highest BCUT2D eigenvalue weighted by Crippen LogP contribution is 2.32. The van der Waals surface area contributed by atoms with Crippen LogP contribution in [0, 0.1) is 0 Å². The van der Waals surface area contributed by atoms with Crippen LogP contribution in [0.2, 0.25) is 0 Å². The molecule has 0 amide bonds. The number of hydrogen-bond acceptors (Lipinski definition) is 4. The molecule has 79 valence electrons. The minimum atomic E-state index is -2.36. The molecule has 0 bridgehead atoms. The average molecular weight is 217 g/mol. The van der Waals surface area contributed by atoms with E-state index in [4.69, 9.17) is 18.8 Å². The molecule has 1 atom stereocenters. The molecule has 5 nitrogen and oxygen atoms in total. The van der Waals surface area contributed by atoms with E-state index in [1.54, 1.807) is 0 Å². The van der Waals surface area contributed by atoms with Crippen molar-refractivity contribution in [3.05, 3.63) is 24.3 Å². The number of benzene rings is 1. The third-order valence-corrected chi connectivity index (χ3v) is 1.11. The standard InChI is InChI=1S/C6H4.CH4.BH2O2.H3NO2S/c1-2-5-4-6(5)3-1;;2-1-3;1-4(2)3/h1-4H;1H4;2-3H;1H2,(H,2,3)/p-1. The van der Waals surface area contributed by atoms with Gasteiger partial charge in [0.1, 0.15) is 0 Å². The maximum Gasteiger partial charge on any atom is 0.482 e. The fourth-order valence-electron chi connectivity index (χ4n) is 0.676. The molecule has 7 heteroatoms. The third kappa shape index (κ3) is 9.36. The Bertz CT molecular complexity index is 263. The van der Waals surface area contributed by atoms with Crippen LogP contribution in [0.25, 0.3) is 11.1 Å². The number of fused-ring (bicyclic) bond motifs is 1. The molecule has 0 aromatic rings. The number of hydrogen-bond donors (Lipinski definition) is 3. The summed E-state index contributed by atoms with van der Waals surface area (Å²) < 4.78 is 17.6. The molecule has 0 spiro atoms. The van der Waals surface area contributed by atoms with Crippen LogP contribution in [0.5, 0.6) is 0 Å². The van der Waals surface area contributed by atoms with E-state index in [2.05, 4.69) is 29.4 Å². The van der Waals surface area contributed by atoms with E-state index in [0.29, 0.717) is 0 Å². The average Bonchev–Trinajstić information content (AvgIpc) is 2.60. The molecular weight excluding hydrogens is 205 g/mol. The largest absolute Gasteiger partial charge is 0.760 e. The zero-order valence-electron chi connectivity index (χ0n) is 6.58. The van der Waals surface area contributed by atoms with Gasteiger partial charge in [-0.05, 0) is 17.2 Å². The summed E-state index contributed by atoms with van der Waals surface area (Å²) in [6.45, 7) is 0. The molecule has 2 aliphatic rings. The van der Waals surface area contributed by atoms with Crippen molar-refractivity contribution < 1.29 is 18.8 Å². The van der Waals surface area contributed by atoms with Crippen LogP contribution in [0.1, 0.15) is 7.43 Å². The van der Waals surface area contributed by atoms with Gasteiger partial charge in [0.25, 0.3) is 0 Å². The van der Waals surface area contributed by atoms with Crippen LogP contribution < -0.4 is 5.14 Å². The summed E-state index contributed by atoms with van der Waals surface area (Å²) in [7, 11) is 0. The molecule has 0 saturated heterocycles. The lowest BCUT2D eigenvalue weighted by Crippen LogP contribution is -1.97. The van der Waals surface area contributed by atoms with Gasteiger partial charge in [0.05, 0.1) is 0 Å². The third-order valence-electron chi connectivity index (χ3n) is 1.11. The lowest BCUT2D eigenvalue weighted by molar-refractivity contribution is 0.448. The van der Waals surface area contributed by atoms with Crippen LogP contribution in [0.4, 0.5) is 0 Å². The van der Waals surface area contributed by atoms with Crippen LogP contribution in [-0.4, -0.2) is 26.5 Å². The van der Waals surface area contributed by atoms with E-state index < -0.39 is 11.3 Å². The normalized spacial score (nSPS) is 10.3. The second kappa shape index (κ2) is 8.85. The van der Waals surface area contributed by atoms with Crippen molar-refractivity contribution in [3.63, 3.8) is 0 Å². The summed E-state index contributed by atoms with van der Waals surface area (Å²) in [5.41, 5.74) is 2.85. The molecular formula is C7H12BNO4S-. The summed E-state index contributed by atoms with van der Waals surface area (Å²) in [6.07, 6.45) is 0. The van der Waals surface area contributed by atoms with Gasteiger partial charge in [-0.25, -0.2) is 0 Å². The fraction of sp³-hybridized carbons (Fsp3) is 0.143. The van der Waals surface area contributed by atoms with E-state index in [9.17, 15) is 0 Å². The highest BCUT2D eigenvalue weighted by Gasteiger charge is 2.06. The first kappa shape index (κ1) is 15.7. The second-order valence-electron chi connectivity index (χ2n) is 1.96. The molecule has 1 radical (unpaired) electrons. The molecule has 0 saturated carbocycles. The van der Waals surface area contributed by atoms with Crippen molar-refractivity contribution in [1.82, 2.24) is 0 Å². The molecule has 2 aliphatic carbocycles. The van der Waals surface area contributed by atoms with Crippen molar-refractivity contribution in [3.8, 4) is 11.1 Å². The first-order valence-electron chi connectivity index (χ1n) is 3.16. The predicted octanol–water partition coefficient (Wildman–Crippen LogP) is -0.452. The molecule has 0 aromatic carbocycles. The van der Waals surface area contributed by atoms with Crippen LogP contribution in [0.15, 0.2) is 24.3 Å². The van der Waals surface area contributed by atoms with Crippen molar-refractivity contribution >= 4 is 19.0 Å². The van der Waals surface area contributed by atoms with E-state index >= 15 is 0 Å². The Balaban J connectivity index is 0. The smallest absolute Gasteiger partial charge is 0.482 e. The SMILES string of the molecule is C.NS(=O)[O-].O[B]O.c1cc2cc-2c1. The first-order valence-corrected chi connectivity index (χ1v) is 4.29. The summed E-state index contributed by atoms with van der Waals surface area (Å²) in [5.74, 6) is 0. The molecule has 0 aliphatic heterocycles. The molecule has 14 heavy (non-hydrogen) atoms. The zero-order valence-corrected chi connectivity index (χ0v) is 7.40. The molecule has 4 N–H and O–H groups in total. The van der Waals surface area contributed by atoms with Crippen LogP contribution >= 0.6 is 0 Å². The molecule has 1 unspecified atom stereocenters.